The van der Waals surface area contributed by atoms with Crippen molar-refractivity contribution in [3.63, 3.8) is 0 Å². The third-order valence-corrected chi connectivity index (χ3v) is 4.73. The van der Waals surface area contributed by atoms with Crippen LogP contribution in [0.3, 0.4) is 0 Å². The van der Waals surface area contributed by atoms with Crippen molar-refractivity contribution < 1.29 is 9.53 Å². The maximum absolute atomic E-state index is 12.4. The monoisotopic (exact) mass is 327 g/mol. The lowest BCUT2D eigenvalue weighted by Crippen LogP contribution is -2.43. The Labute approximate surface area is 143 Å². The fraction of sp³-hybridized carbons (Fsp3) is 0.474. The number of hydrogen-bond donors (Lipinski definition) is 1. The third kappa shape index (κ3) is 3.61. The third-order valence-electron chi connectivity index (χ3n) is 4.73. The first-order valence-corrected chi connectivity index (χ1v) is 8.61. The van der Waals surface area contributed by atoms with Gasteiger partial charge in [0.05, 0.1) is 7.11 Å². The van der Waals surface area contributed by atoms with Crippen LogP contribution in [0.5, 0.6) is 5.75 Å². The number of nitrogens with one attached hydrogen (secondary N) is 1. The smallest absolute Gasteiger partial charge is 0.317 e. The van der Waals surface area contributed by atoms with Gasteiger partial charge in [-0.05, 0) is 30.5 Å². The van der Waals surface area contributed by atoms with Crippen LogP contribution in [0, 0.1) is 0 Å². The van der Waals surface area contributed by atoms with E-state index in [9.17, 15) is 4.79 Å². The fourth-order valence-corrected chi connectivity index (χ4v) is 3.37. The van der Waals surface area contributed by atoms with Crippen LogP contribution in [0.2, 0.25) is 0 Å². The van der Waals surface area contributed by atoms with E-state index in [0.717, 1.165) is 35.1 Å². The van der Waals surface area contributed by atoms with Gasteiger partial charge in [0.15, 0.2) is 0 Å². The molecule has 0 spiro atoms. The van der Waals surface area contributed by atoms with E-state index >= 15 is 0 Å². The van der Waals surface area contributed by atoms with Gasteiger partial charge < -0.3 is 15.0 Å². The predicted molar refractivity (Wildman–Crippen MR) is 95.2 cm³/mol. The number of pyridine rings is 1. The average Bonchev–Trinajstić information content (AvgIpc) is 2.62. The van der Waals surface area contributed by atoms with E-state index in [1.807, 2.05) is 31.3 Å². The van der Waals surface area contributed by atoms with Crippen molar-refractivity contribution >= 4 is 16.9 Å². The van der Waals surface area contributed by atoms with Gasteiger partial charge in [0, 0.05) is 31.2 Å². The number of benzene rings is 1. The van der Waals surface area contributed by atoms with Crippen LogP contribution in [-0.4, -0.2) is 36.1 Å². The molecule has 0 saturated heterocycles. The molecule has 0 unspecified atom stereocenters. The second kappa shape index (κ2) is 7.51. The quantitative estimate of drug-likeness (QED) is 0.931. The molecule has 1 aliphatic rings. The number of nitrogens with zero attached hydrogens (tertiary/aromatic N) is 2. The zero-order chi connectivity index (χ0) is 16.9. The Morgan fingerprint density at radius 3 is 2.83 bits per heavy atom. The molecule has 5 nitrogen and oxygen atoms in total. The number of amides is 2. The minimum atomic E-state index is -0.00485. The topological polar surface area (TPSA) is 54.5 Å². The van der Waals surface area contributed by atoms with Crippen LogP contribution in [0.15, 0.2) is 30.5 Å². The van der Waals surface area contributed by atoms with Crippen LogP contribution < -0.4 is 10.1 Å². The maximum Gasteiger partial charge on any atom is 0.317 e. The summed E-state index contributed by atoms with van der Waals surface area (Å²) in [6.07, 6.45) is 7.65. The number of aromatic nitrogens is 1. The first-order valence-electron chi connectivity index (χ1n) is 8.61. The zero-order valence-corrected chi connectivity index (χ0v) is 14.4. The summed E-state index contributed by atoms with van der Waals surface area (Å²) in [6, 6.07) is 8.17. The molecule has 0 atom stereocenters. The van der Waals surface area contributed by atoms with E-state index in [0.29, 0.717) is 12.6 Å². The van der Waals surface area contributed by atoms with Gasteiger partial charge in [-0.15, -0.1) is 0 Å². The van der Waals surface area contributed by atoms with Crippen LogP contribution in [0.4, 0.5) is 4.79 Å². The van der Waals surface area contributed by atoms with Gasteiger partial charge >= 0.3 is 6.03 Å². The molecule has 0 bridgehead atoms. The number of carbonyl (C=O) groups excluding carboxylic acids is 1. The van der Waals surface area contributed by atoms with Gasteiger partial charge in [-0.3, -0.25) is 4.98 Å². The molecule has 1 aromatic heterocycles. The van der Waals surface area contributed by atoms with Crippen molar-refractivity contribution in [3.05, 3.63) is 36.0 Å². The van der Waals surface area contributed by atoms with Crippen molar-refractivity contribution in [3.8, 4) is 5.75 Å². The molecular formula is C19H25N3O2. The van der Waals surface area contributed by atoms with Gasteiger partial charge in [0.25, 0.3) is 0 Å². The highest BCUT2D eigenvalue weighted by Gasteiger charge is 2.18. The lowest BCUT2D eigenvalue weighted by Gasteiger charge is -2.26. The molecule has 1 aliphatic carbocycles. The van der Waals surface area contributed by atoms with Crippen LogP contribution in [0.1, 0.15) is 37.7 Å². The molecule has 5 heteroatoms. The van der Waals surface area contributed by atoms with E-state index < -0.39 is 0 Å². The van der Waals surface area contributed by atoms with Crippen molar-refractivity contribution in [1.29, 1.82) is 0 Å². The minimum absolute atomic E-state index is 0.00485. The summed E-state index contributed by atoms with van der Waals surface area (Å²) in [5, 5.41) is 4.18. The Hall–Kier alpha value is -2.30. The van der Waals surface area contributed by atoms with Gasteiger partial charge in [0.1, 0.15) is 11.3 Å². The second-order valence-corrected chi connectivity index (χ2v) is 6.47. The molecule has 24 heavy (non-hydrogen) atoms. The molecule has 1 saturated carbocycles. The first-order chi connectivity index (χ1) is 11.7. The molecular weight excluding hydrogens is 302 g/mol. The lowest BCUT2D eigenvalue weighted by atomic mass is 9.96. The first kappa shape index (κ1) is 16.6. The Morgan fingerprint density at radius 2 is 2.08 bits per heavy atom. The normalized spacial score (nSPS) is 15.2. The zero-order valence-electron chi connectivity index (χ0n) is 14.4. The fourth-order valence-electron chi connectivity index (χ4n) is 3.37. The van der Waals surface area contributed by atoms with Crippen molar-refractivity contribution in [2.24, 2.45) is 0 Å². The van der Waals surface area contributed by atoms with Gasteiger partial charge in [-0.25, -0.2) is 4.79 Å². The van der Waals surface area contributed by atoms with E-state index in [-0.39, 0.29) is 6.03 Å². The molecule has 0 aliphatic heterocycles. The predicted octanol–water partition coefficient (Wildman–Crippen LogP) is 3.72. The Bertz CT molecular complexity index is 711. The summed E-state index contributed by atoms with van der Waals surface area (Å²) in [7, 11) is 3.48. The van der Waals surface area contributed by atoms with Crippen LogP contribution in [-0.2, 0) is 6.54 Å². The highest BCUT2D eigenvalue weighted by Crippen LogP contribution is 2.27. The molecule has 0 radical (unpaired) electrons. The maximum atomic E-state index is 12.4. The molecule has 128 valence electrons. The van der Waals surface area contributed by atoms with Crippen molar-refractivity contribution in [1.82, 2.24) is 15.2 Å². The molecule has 1 N–H and O–H groups in total. The molecule has 3 rings (SSSR count). The largest absolute Gasteiger partial charge is 0.494 e. The Kier molecular flexibility index (Phi) is 5.18. The molecule has 1 aromatic carbocycles. The highest BCUT2D eigenvalue weighted by molar-refractivity contribution is 5.87. The summed E-state index contributed by atoms with van der Waals surface area (Å²) < 4.78 is 5.38. The number of ether oxygens (including phenoxy) is 1. The molecule has 2 amide bonds. The number of carbonyl (C=O) groups is 1. The summed E-state index contributed by atoms with van der Waals surface area (Å²) in [5.74, 6) is 0.753. The van der Waals surface area contributed by atoms with Crippen LogP contribution >= 0.6 is 0 Å². The summed E-state index contributed by atoms with van der Waals surface area (Å²) in [5.41, 5.74) is 1.90. The minimum Gasteiger partial charge on any atom is -0.494 e. The summed E-state index contributed by atoms with van der Waals surface area (Å²) >= 11 is 0. The van der Waals surface area contributed by atoms with Gasteiger partial charge in [-0.1, -0.05) is 31.4 Å². The van der Waals surface area contributed by atoms with Crippen molar-refractivity contribution in [2.45, 2.75) is 44.7 Å². The number of rotatable bonds is 4. The number of hydrogen-bond acceptors (Lipinski definition) is 3. The second-order valence-electron chi connectivity index (χ2n) is 6.47. The standard InChI is InChI=1S/C19H25N3O2/c1-22(19(23)21-15-7-4-3-5-8-15)13-14-10-11-17(24-2)18-16(14)9-6-12-20-18/h6,9-12,15H,3-5,7-8,13H2,1-2H3,(H,21,23). The molecule has 2 aromatic rings. The molecule has 1 fully saturated rings. The highest BCUT2D eigenvalue weighted by atomic mass is 16.5. The van der Waals surface area contributed by atoms with Crippen LogP contribution in [0.25, 0.3) is 10.9 Å². The number of fused-ring (bicyclic) bond motifs is 1. The van der Waals surface area contributed by atoms with Gasteiger partial charge in [-0.2, -0.15) is 0 Å². The summed E-state index contributed by atoms with van der Waals surface area (Å²) in [6.45, 7) is 0.546. The van der Waals surface area contributed by atoms with E-state index in [1.54, 1.807) is 18.2 Å². The average molecular weight is 327 g/mol. The Balaban J connectivity index is 1.73. The lowest BCUT2D eigenvalue weighted by molar-refractivity contribution is 0.199. The molecule has 1 heterocycles. The SMILES string of the molecule is COc1ccc(CN(C)C(=O)NC2CCCCC2)c2cccnc12. The Morgan fingerprint density at radius 1 is 1.29 bits per heavy atom. The van der Waals surface area contributed by atoms with E-state index in [1.165, 1.54) is 19.3 Å². The number of methoxy groups -OCH3 is 1. The van der Waals surface area contributed by atoms with E-state index in [4.69, 9.17) is 4.74 Å². The van der Waals surface area contributed by atoms with E-state index in [2.05, 4.69) is 10.3 Å². The number of urea groups is 1. The van der Waals surface area contributed by atoms with Crippen molar-refractivity contribution in [2.75, 3.05) is 14.2 Å². The summed E-state index contributed by atoms with van der Waals surface area (Å²) in [4.78, 5) is 18.6. The van der Waals surface area contributed by atoms with Gasteiger partial charge in [0.2, 0.25) is 0 Å².